The number of aromatic nitrogens is 3. The van der Waals surface area contributed by atoms with Crippen LogP contribution < -0.4 is 0 Å². The molecule has 0 spiro atoms. The molecule has 0 fully saturated rings. The zero-order valence-corrected chi connectivity index (χ0v) is 30.0. The minimum atomic E-state index is 0.574. The number of thiophene rings is 1. The maximum atomic E-state index is 6.64. The zero-order valence-electron chi connectivity index (χ0n) is 29.2. The quantitative estimate of drug-likeness (QED) is 0.181. The zero-order chi connectivity index (χ0) is 36.0. The molecule has 4 heterocycles. The molecule has 0 bridgehead atoms. The van der Waals surface area contributed by atoms with Crippen LogP contribution in [0.2, 0.25) is 0 Å². The van der Waals surface area contributed by atoms with Crippen LogP contribution >= 0.6 is 11.3 Å². The molecule has 12 aromatic rings. The second kappa shape index (κ2) is 11.7. The van der Waals surface area contributed by atoms with Crippen molar-refractivity contribution in [2.45, 2.75) is 0 Å². The van der Waals surface area contributed by atoms with Gasteiger partial charge in [0.15, 0.2) is 17.5 Å². The lowest BCUT2D eigenvalue weighted by molar-refractivity contribution is 0.668. The van der Waals surface area contributed by atoms with Gasteiger partial charge in [0.25, 0.3) is 0 Å². The minimum Gasteiger partial charge on any atom is -0.456 e. The lowest BCUT2D eigenvalue weighted by Crippen LogP contribution is -2.00. The standard InChI is InChI=1S/C49H27N3O2S/c1-2-11-29-26-31(23-22-28(29)10-1)47-50-48(37-16-8-19-40-44(37)35-13-3-5-18-39(35)53-40)52-49(51-47)38-17-9-20-41-45(38)36-25-24-30(27-42(36)54-41)32-14-7-15-34-33-12-4-6-21-43(33)55-46(32)34/h1-27H. The number of hydrogen-bond acceptors (Lipinski definition) is 6. The smallest absolute Gasteiger partial charge is 0.164 e. The predicted octanol–water partition coefficient (Wildman–Crippen LogP) is 13.9. The van der Waals surface area contributed by atoms with Crippen LogP contribution in [0.15, 0.2) is 173 Å². The van der Waals surface area contributed by atoms with Gasteiger partial charge in [0.05, 0.1) is 0 Å². The highest BCUT2D eigenvalue weighted by Crippen LogP contribution is 2.43. The fourth-order valence-electron chi connectivity index (χ4n) is 8.19. The van der Waals surface area contributed by atoms with Crippen molar-refractivity contribution in [2.24, 2.45) is 0 Å². The largest absolute Gasteiger partial charge is 0.456 e. The summed E-state index contributed by atoms with van der Waals surface area (Å²) in [5, 5.41) is 8.82. The van der Waals surface area contributed by atoms with Crippen LogP contribution in [-0.4, -0.2) is 15.0 Å². The topological polar surface area (TPSA) is 65.0 Å². The first-order valence-corrected chi connectivity index (χ1v) is 19.1. The molecule has 256 valence electrons. The molecule has 0 N–H and O–H groups in total. The van der Waals surface area contributed by atoms with Gasteiger partial charge in [-0.05, 0) is 64.4 Å². The van der Waals surface area contributed by atoms with Crippen LogP contribution in [0.5, 0.6) is 0 Å². The molecule has 0 aliphatic carbocycles. The Labute approximate surface area is 317 Å². The van der Waals surface area contributed by atoms with E-state index in [1.54, 1.807) is 0 Å². The number of fused-ring (bicyclic) bond motifs is 10. The third-order valence-electron chi connectivity index (χ3n) is 10.7. The second-order valence-corrected chi connectivity index (χ2v) is 15.0. The van der Waals surface area contributed by atoms with Gasteiger partial charge in [0.1, 0.15) is 22.3 Å². The van der Waals surface area contributed by atoms with E-state index in [-0.39, 0.29) is 0 Å². The summed E-state index contributed by atoms with van der Waals surface area (Å²) >= 11 is 1.84. The summed E-state index contributed by atoms with van der Waals surface area (Å²) in [6.07, 6.45) is 0. The fraction of sp³-hybridized carbons (Fsp3) is 0. The van der Waals surface area contributed by atoms with Gasteiger partial charge in [-0.2, -0.15) is 0 Å². The van der Waals surface area contributed by atoms with Crippen molar-refractivity contribution in [3.63, 3.8) is 0 Å². The Bertz CT molecular complexity index is 3520. The Kier molecular flexibility index (Phi) is 6.44. The molecule has 0 atom stereocenters. The molecule has 0 aliphatic rings. The van der Waals surface area contributed by atoms with E-state index in [0.29, 0.717) is 17.5 Å². The van der Waals surface area contributed by atoms with E-state index >= 15 is 0 Å². The highest BCUT2D eigenvalue weighted by Gasteiger charge is 2.21. The average Bonchev–Trinajstić information content (AvgIpc) is 3.94. The van der Waals surface area contributed by atoms with Gasteiger partial charge in [-0.1, -0.05) is 121 Å². The van der Waals surface area contributed by atoms with Gasteiger partial charge >= 0.3 is 0 Å². The molecule has 5 nitrogen and oxygen atoms in total. The lowest BCUT2D eigenvalue weighted by atomic mass is 10.00. The second-order valence-electron chi connectivity index (χ2n) is 13.9. The number of nitrogens with zero attached hydrogens (tertiary/aromatic N) is 3. The molecule has 0 saturated carbocycles. The third kappa shape index (κ3) is 4.68. The van der Waals surface area contributed by atoms with Crippen LogP contribution in [0, 0.1) is 0 Å². The van der Waals surface area contributed by atoms with Crippen molar-refractivity contribution < 1.29 is 8.83 Å². The molecule has 4 aromatic heterocycles. The number of para-hydroxylation sites is 1. The molecule has 0 radical (unpaired) electrons. The van der Waals surface area contributed by atoms with Crippen molar-refractivity contribution >= 4 is 86.2 Å². The SMILES string of the molecule is c1ccc2cc(-c3nc(-c4cccc5oc6ccccc6c45)nc(-c4cccc5oc6cc(-c7cccc8c7sc7ccccc78)ccc6c45)n3)ccc2c1. The maximum Gasteiger partial charge on any atom is 0.164 e. The molecule has 6 heteroatoms. The molecular weight excluding hydrogens is 695 g/mol. The Morgan fingerprint density at radius 1 is 0.364 bits per heavy atom. The monoisotopic (exact) mass is 721 g/mol. The van der Waals surface area contributed by atoms with E-state index < -0.39 is 0 Å². The summed E-state index contributed by atoms with van der Waals surface area (Å²) in [6.45, 7) is 0. The summed E-state index contributed by atoms with van der Waals surface area (Å²) in [7, 11) is 0. The summed E-state index contributed by atoms with van der Waals surface area (Å²) in [5.41, 5.74) is 8.21. The maximum absolute atomic E-state index is 6.64. The Morgan fingerprint density at radius 2 is 0.945 bits per heavy atom. The molecular formula is C49H27N3O2S. The Hall–Kier alpha value is -7.15. The minimum absolute atomic E-state index is 0.574. The summed E-state index contributed by atoms with van der Waals surface area (Å²) in [4.78, 5) is 15.6. The van der Waals surface area contributed by atoms with Gasteiger partial charge in [0.2, 0.25) is 0 Å². The first-order chi connectivity index (χ1) is 27.2. The number of furan rings is 2. The van der Waals surface area contributed by atoms with Gasteiger partial charge < -0.3 is 8.83 Å². The molecule has 55 heavy (non-hydrogen) atoms. The Balaban J connectivity index is 1.08. The van der Waals surface area contributed by atoms with E-state index in [2.05, 4.69) is 121 Å². The average molecular weight is 722 g/mol. The first-order valence-electron chi connectivity index (χ1n) is 18.3. The summed E-state index contributed by atoms with van der Waals surface area (Å²) in [5.74, 6) is 1.75. The van der Waals surface area contributed by atoms with E-state index in [1.807, 2.05) is 53.8 Å². The van der Waals surface area contributed by atoms with E-state index in [0.717, 1.165) is 76.9 Å². The van der Waals surface area contributed by atoms with Gasteiger partial charge in [-0.3, -0.25) is 0 Å². The molecule has 0 unspecified atom stereocenters. The fourth-order valence-corrected chi connectivity index (χ4v) is 9.43. The van der Waals surface area contributed by atoms with Crippen molar-refractivity contribution in [3.05, 3.63) is 164 Å². The number of hydrogen-bond donors (Lipinski definition) is 0. The van der Waals surface area contributed by atoms with Crippen LogP contribution in [0.4, 0.5) is 0 Å². The van der Waals surface area contributed by atoms with Crippen LogP contribution in [-0.2, 0) is 0 Å². The number of rotatable bonds is 4. The number of benzene rings is 8. The highest BCUT2D eigenvalue weighted by molar-refractivity contribution is 7.26. The van der Waals surface area contributed by atoms with Crippen LogP contribution in [0.1, 0.15) is 0 Å². The highest BCUT2D eigenvalue weighted by atomic mass is 32.1. The van der Waals surface area contributed by atoms with Crippen LogP contribution in [0.25, 0.3) is 120 Å². The van der Waals surface area contributed by atoms with Crippen molar-refractivity contribution in [1.82, 2.24) is 15.0 Å². The molecule has 8 aromatic carbocycles. The lowest BCUT2D eigenvalue weighted by Gasteiger charge is -2.10. The van der Waals surface area contributed by atoms with E-state index in [4.69, 9.17) is 23.8 Å². The molecule has 0 saturated heterocycles. The van der Waals surface area contributed by atoms with Gasteiger partial charge in [-0.25, -0.2) is 15.0 Å². The normalized spacial score (nSPS) is 12.0. The van der Waals surface area contributed by atoms with Crippen molar-refractivity contribution in [2.75, 3.05) is 0 Å². The van der Waals surface area contributed by atoms with Crippen LogP contribution in [0.3, 0.4) is 0 Å². The predicted molar refractivity (Wildman–Crippen MR) is 227 cm³/mol. The van der Waals surface area contributed by atoms with Gasteiger partial charge in [0, 0.05) is 58.4 Å². The first kappa shape index (κ1) is 30.3. The summed E-state index contributed by atoms with van der Waals surface area (Å²) in [6, 6.07) is 56.8. The Morgan fingerprint density at radius 3 is 1.76 bits per heavy atom. The van der Waals surface area contributed by atoms with E-state index in [9.17, 15) is 0 Å². The third-order valence-corrected chi connectivity index (χ3v) is 12.0. The molecule has 0 amide bonds. The van der Waals surface area contributed by atoms with Gasteiger partial charge in [-0.15, -0.1) is 11.3 Å². The molecule has 0 aliphatic heterocycles. The van der Waals surface area contributed by atoms with Crippen molar-refractivity contribution in [1.29, 1.82) is 0 Å². The van der Waals surface area contributed by atoms with Crippen molar-refractivity contribution in [3.8, 4) is 45.3 Å². The van der Waals surface area contributed by atoms with E-state index in [1.165, 1.54) is 25.7 Å². The molecule has 12 rings (SSSR count). The summed E-state index contributed by atoms with van der Waals surface area (Å²) < 4.78 is 15.5.